The number of ether oxygens (including phenoxy) is 4. The van der Waals surface area contributed by atoms with Crippen molar-refractivity contribution >= 4 is 29.8 Å². The Bertz CT molecular complexity index is 1590. The SMILES string of the molecule is O=C(C=Cc1ccc(CN2O[C@@H]3[C@H]4OC(C5CC5)(C5CC5)O[C@H]4[C@H]4C[C@]3(C(=O)N3CCC[C@@H]3C(=O)NCCO)[C@@H]2C(=O)O4)cc1)OCC(F)(F)F. The van der Waals surface area contributed by atoms with Crippen molar-refractivity contribution in [2.75, 3.05) is 26.3 Å². The Morgan fingerprint density at radius 2 is 1.75 bits per heavy atom. The normalized spacial score (nSPS) is 34.0. The highest BCUT2D eigenvalue weighted by molar-refractivity contribution is 5.96. The van der Waals surface area contributed by atoms with Gasteiger partial charge in [0.25, 0.3) is 0 Å². The van der Waals surface area contributed by atoms with Gasteiger partial charge in [-0.25, -0.2) is 4.79 Å². The molecule has 0 radical (unpaired) electrons. The summed E-state index contributed by atoms with van der Waals surface area (Å²) in [7, 11) is 0. The van der Waals surface area contributed by atoms with E-state index in [0.29, 0.717) is 30.5 Å². The largest absolute Gasteiger partial charge is 0.458 e. The molecule has 51 heavy (non-hydrogen) atoms. The number of carbonyl (C=O) groups excluding carboxylic acids is 4. The lowest BCUT2D eigenvalue weighted by molar-refractivity contribution is -0.235. The number of amides is 2. The van der Waals surface area contributed by atoms with Crippen molar-refractivity contribution in [3.05, 3.63) is 41.5 Å². The third-order valence-corrected chi connectivity index (χ3v) is 11.2. The zero-order chi connectivity index (χ0) is 35.7. The van der Waals surface area contributed by atoms with Crippen molar-refractivity contribution < 1.29 is 61.2 Å². The zero-order valence-corrected chi connectivity index (χ0v) is 27.7. The molecule has 16 heteroatoms. The van der Waals surface area contributed by atoms with Gasteiger partial charge in [0.1, 0.15) is 35.9 Å². The molecule has 1 aromatic carbocycles. The van der Waals surface area contributed by atoms with Crippen molar-refractivity contribution in [2.45, 2.75) is 100.0 Å². The average Bonchev–Trinajstić information content (AvgIpc) is 4.02. The summed E-state index contributed by atoms with van der Waals surface area (Å²) in [5.41, 5.74) is -0.246. The third-order valence-electron chi connectivity index (χ3n) is 11.2. The highest BCUT2D eigenvalue weighted by Gasteiger charge is 2.78. The predicted octanol–water partition coefficient (Wildman–Crippen LogP) is 2.01. The zero-order valence-electron chi connectivity index (χ0n) is 27.7. The molecule has 1 aromatic rings. The van der Waals surface area contributed by atoms with Gasteiger partial charge in [-0.1, -0.05) is 24.3 Å². The Hall–Kier alpha value is -3.57. The molecule has 13 nitrogen and oxygen atoms in total. The lowest BCUT2D eigenvalue weighted by Crippen LogP contribution is -2.70. The smallest absolute Gasteiger partial charge is 0.422 e. The van der Waals surface area contributed by atoms with E-state index in [4.69, 9.17) is 19.0 Å². The molecule has 8 rings (SSSR count). The van der Waals surface area contributed by atoms with E-state index in [1.807, 2.05) is 0 Å². The maximum atomic E-state index is 15.0. The van der Waals surface area contributed by atoms with Gasteiger partial charge in [-0.2, -0.15) is 18.2 Å². The molecule has 0 unspecified atom stereocenters. The van der Waals surface area contributed by atoms with Gasteiger partial charge in [0.05, 0.1) is 13.2 Å². The van der Waals surface area contributed by atoms with E-state index in [1.54, 1.807) is 29.2 Å². The molecular weight excluding hydrogens is 679 g/mol. The number of hydrogen-bond donors (Lipinski definition) is 2. The molecule has 3 aliphatic carbocycles. The fraction of sp³-hybridized carbons (Fsp3) is 0.657. The van der Waals surface area contributed by atoms with Crippen molar-refractivity contribution in [3.63, 3.8) is 0 Å². The minimum atomic E-state index is -4.63. The summed E-state index contributed by atoms with van der Waals surface area (Å²) in [6.07, 6.45) is -0.391. The van der Waals surface area contributed by atoms with Crippen molar-refractivity contribution in [2.24, 2.45) is 17.3 Å². The predicted molar refractivity (Wildman–Crippen MR) is 166 cm³/mol. The molecule has 2 N–H and O–H groups in total. The van der Waals surface area contributed by atoms with Crippen LogP contribution in [0.4, 0.5) is 13.2 Å². The van der Waals surface area contributed by atoms with Gasteiger partial charge in [0, 0.05) is 37.4 Å². The molecule has 4 aliphatic heterocycles. The minimum Gasteiger partial charge on any atom is -0.458 e. The number of hydrogen-bond acceptors (Lipinski definition) is 11. The number of alkyl halides is 3. The second-order valence-corrected chi connectivity index (χ2v) is 14.6. The van der Waals surface area contributed by atoms with Crippen LogP contribution in [0.5, 0.6) is 0 Å². The average molecular weight is 720 g/mol. The molecule has 4 heterocycles. The van der Waals surface area contributed by atoms with Gasteiger partial charge in [-0.05, 0) is 55.7 Å². The highest BCUT2D eigenvalue weighted by Crippen LogP contribution is 2.64. The summed E-state index contributed by atoms with van der Waals surface area (Å²) in [4.78, 5) is 62.2. The Morgan fingerprint density at radius 1 is 1.04 bits per heavy atom. The lowest BCUT2D eigenvalue weighted by atomic mass is 9.62. The molecule has 276 valence electrons. The van der Waals surface area contributed by atoms with Crippen LogP contribution in [0.25, 0.3) is 6.08 Å². The molecule has 7 fully saturated rings. The number of hydroxylamine groups is 2. The number of halogens is 3. The first-order valence-corrected chi connectivity index (χ1v) is 17.6. The van der Waals surface area contributed by atoms with E-state index in [-0.39, 0.29) is 49.8 Å². The molecule has 3 saturated carbocycles. The number of likely N-dealkylation sites (tertiary alicyclic amines) is 1. The number of fused-ring (bicyclic) bond motifs is 4. The second kappa shape index (κ2) is 12.8. The molecule has 7 atom stereocenters. The summed E-state index contributed by atoms with van der Waals surface area (Å²) < 4.78 is 61.1. The fourth-order valence-electron chi connectivity index (χ4n) is 8.77. The minimum absolute atomic E-state index is 0.0507. The summed E-state index contributed by atoms with van der Waals surface area (Å²) >= 11 is 0. The van der Waals surface area contributed by atoms with Gasteiger partial charge in [-0.15, -0.1) is 0 Å². The maximum Gasteiger partial charge on any atom is 0.422 e. The van der Waals surface area contributed by atoms with Gasteiger partial charge < -0.3 is 34.3 Å². The van der Waals surface area contributed by atoms with Crippen LogP contribution in [0.3, 0.4) is 0 Å². The summed E-state index contributed by atoms with van der Waals surface area (Å²) in [6, 6.07) is 4.78. The number of nitrogens with zero attached hydrogens (tertiary/aromatic N) is 2. The first kappa shape index (κ1) is 34.5. The van der Waals surface area contributed by atoms with E-state index in [2.05, 4.69) is 10.1 Å². The van der Waals surface area contributed by atoms with E-state index in [1.165, 1.54) is 11.1 Å². The fourth-order valence-corrected chi connectivity index (χ4v) is 8.77. The number of nitrogens with one attached hydrogen (secondary N) is 1. The van der Waals surface area contributed by atoms with Crippen molar-refractivity contribution in [3.8, 4) is 0 Å². The van der Waals surface area contributed by atoms with Crippen LogP contribution in [0.2, 0.25) is 0 Å². The Balaban J connectivity index is 1.08. The molecule has 0 aromatic heterocycles. The maximum absolute atomic E-state index is 15.0. The van der Waals surface area contributed by atoms with Crippen LogP contribution in [-0.4, -0.2) is 114 Å². The quantitative estimate of drug-likeness (QED) is 0.255. The molecule has 2 amide bonds. The van der Waals surface area contributed by atoms with Crippen molar-refractivity contribution in [1.82, 2.24) is 15.3 Å². The van der Waals surface area contributed by atoms with Crippen molar-refractivity contribution in [1.29, 1.82) is 0 Å². The first-order chi connectivity index (χ1) is 24.4. The standard InChI is InChI=1S/C35H40F3N3O10/c36-34(37,38)18-47-25(43)12-7-19-3-5-20(6-4-19)17-41-28-31(45)48-24-16-33(28,32(46)40-14-1-2-23(40)30(44)39-13-15-42)29(51-41)27-26(24)49-35(50-27,21-8-9-21)22-10-11-22/h3-7,12,21-24,26-29,42H,1-2,8-11,13-18H2,(H,39,44)/t23-,24-,26+,27+,28+,29-,33+/m1/s1. The molecule has 4 saturated heterocycles. The Kier molecular flexibility index (Phi) is 8.68. The molecule has 7 aliphatic rings. The van der Waals surface area contributed by atoms with Gasteiger partial charge in [0.15, 0.2) is 18.4 Å². The number of aliphatic hydroxyl groups excluding tert-OH is 1. The number of benzene rings is 1. The van der Waals surface area contributed by atoms with Gasteiger partial charge in [-0.3, -0.25) is 19.2 Å². The Labute approximate surface area is 291 Å². The van der Waals surface area contributed by atoms with E-state index in [9.17, 15) is 32.7 Å². The van der Waals surface area contributed by atoms with Crippen LogP contribution in [0.1, 0.15) is 56.1 Å². The van der Waals surface area contributed by atoms with Crippen LogP contribution in [0, 0.1) is 17.3 Å². The lowest BCUT2D eigenvalue weighted by Gasteiger charge is -2.50. The Morgan fingerprint density at radius 3 is 2.41 bits per heavy atom. The van der Waals surface area contributed by atoms with Crippen LogP contribution >= 0.6 is 0 Å². The summed E-state index contributed by atoms with van der Waals surface area (Å²) in [6.45, 7) is -1.50. The number of esters is 2. The second-order valence-electron chi connectivity index (χ2n) is 14.6. The number of rotatable bonds is 11. The summed E-state index contributed by atoms with van der Waals surface area (Å²) in [5, 5.41) is 13.4. The topological polar surface area (TPSA) is 153 Å². The number of aliphatic hydroxyl groups is 1. The van der Waals surface area contributed by atoms with Gasteiger partial charge >= 0.3 is 18.1 Å². The monoisotopic (exact) mass is 719 g/mol. The third kappa shape index (κ3) is 6.11. The van der Waals surface area contributed by atoms with E-state index in [0.717, 1.165) is 31.8 Å². The van der Waals surface area contributed by atoms with Gasteiger partial charge in [0.2, 0.25) is 11.8 Å². The van der Waals surface area contributed by atoms with Crippen LogP contribution in [0.15, 0.2) is 30.3 Å². The van der Waals surface area contributed by atoms with E-state index >= 15 is 4.79 Å². The highest BCUT2D eigenvalue weighted by atomic mass is 19.4. The molecule has 2 bridgehead atoms. The number of carbonyl (C=O) groups is 4. The van der Waals surface area contributed by atoms with E-state index < -0.39 is 72.4 Å². The first-order valence-electron chi connectivity index (χ1n) is 17.6. The van der Waals surface area contributed by atoms with Crippen LogP contribution < -0.4 is 5.32 Å². The summed E-state index contributed by atoms with van der Waals surface area (Å²) in [5.74, 6) is -2.91. The van der Waals surface area contributed by atoms with Crippen LogP contribution in [-0.2, 0) is 49.5 Å². The molecule has 0 spiro atoms. The molecular formula is C35H40F3N3O10.